The van der Waals surface area contributed by atoms with E-state index in [0.717, 1.165) is 12.7 Å². The minimum atomic E-state index is -3.34. The van der Waals surface area contributed by atoms with E-state index in [0.29, 0.717) is 17.4 Å². The average Bonchev–Trinajstić information content (AvgIpc) is 2.49. The topological polar surface area (TPSA) is 153 Å². The number of nitrogens with zero attached hydrogens (tertiary/aromatic N) is 3. The Balaban J connectivity index is 2.75. The lowest BCUT2D eigenvalue weighted by atomic mass is 10.2. The summed E-state index contributed by atoms with van der Waals surface area (Å²) in [6.45, 7) is 2.74. The van der Waals surface area contributed by atoms with Crippen LogP contribution in [0.5, 0.6) is 0 Å². The Morgan fingerprint density at radius 2 is 1.88 bits per heavy atom. The fourth-order valence-electron chi connectivity index (χ4n) is 2.38. The van der Waals surface area contributed by atoms with Crippen LogP contribution in [0.25, 0.3) is 0 Å². The molecule has 10 nitrogen and oxygen atoms in total. The third-order valence-electron chi connectivity index (χ3n) is 3.85. The minimum Gasteiger partial charge on any atom is -0.382 e. The maximum absolute atomic E-state index is 12.2. The maximum atomic E-state index is 12.2. The summed E-state index contributed by atoms with van der Waals surface area (Å²) in [5.74, 6) is -0.687. The number of hydrogen-bond acceptors (Lipinski definition) is 7. The molecule has 0 aromatic carbocycles. The molecule has 0 radical (unpaired) electrons. The Hall–Kier alpha value is -1.69. The summed E-state index contributed by atoms with van der Waals surface area (Å²) in [4.78, 5) is 19.8. The zero-order chi connectivity index (χ0) is 20.1. The van der Waals surface area contributed by atoms with E-state index < -0.39 is 15.9 Å². The molecule has 0 aliphatic heterocycles. The summed E-state index contributed by atoms with van der Waals surface area (Å²) in [6.07, 6.45) is 2.31. The monoisotopic (exact) mass is 408 g/mol. The van der Waals surface area contributed by atoms with Gasteiger partial charge in [0.25, 0.3) is 5.91 Å². The van der Waals surface area contributed by atoms with Crippen molar-refractivity contribution in [3.05, 3.63) is 10.8 Å². The maximum Gasteiger partial charge on any atom is 0.273 e. The highest BCUT2D eigenvalue weighted by atomic mass is 35.5. The highest BCUT2D eigenvalue weighted by Crippen LogP contribution is 2.17. The van der Waals surface area contributed by atoms with Gasteiger partial charge in [0.05, 0.1) is 33.4 Å². The van der Waals surface area contributed by atoms with Gasteiger partial charge >= 0.3 is 0 Å². The van der Waals surface area contributed by atoms with Gasteiger partial charge in [-0.3, -0.25) is 4.79 Å². The number of carbonyl (C=O) groups is 1. The van der Waals surface area contributed by atoms with Gasteiger partial charge in [0, 0.05) is 6.42 Å². The zero-order valence-electron chi connectivity index (χ0n) is 15.4. The standard InChI is InChI=1S/C14H26ClN7O3S/c1-5-6-9(21-26(4,24)25)22(2,3)8-7-18-14(23)10-12(16)20-13(17)11(15)19-10/h9,21H,5-8H2,1-4H3,(H4-,16,17,18,20,23)/p+1. The van der Waals surface area contributed by atoms with Gasteiger partial charge in [0.1, 0.15) is 0 Å². The Morgan fingerprint density at radius 3 is 2.42 bits per heavy atom. The highest BCUT2D eigenvalue weighted by molar-refractivity contribution is 7.88. The van der Waals surface area contributed by atoms with Gasteiger partial charge in [-0.05, 0) is 6.42 Å². The zero-order valence-corrected chi connectivity index (χ0v) is 17.0. The minimum absolute atomic E-state index is 0.0484. The van der Waals surface area contributed by atoms with Gasteiger partial charge in [-0.25, -0.2) is 18.4 Å². The first kappa shape index (κ1) is 22.4. The van der Waals surface area contributed by atoms with Crippen LogP contribution in [0.2, 0.25) is 5.15 Å². The van der Waals surface area contributed by atoms with Crippen molar-refractivity contribution in [2.24, 2.45) is 0 Å². The van der Waals surface area contributed by atoms with E-state index in [9.17, 15) is 13.2 Å². The summed E-state index contributed by atoms with van der Waals surface area (Å²) in [5, 5.41) is 2.59. The van der Waals surface area contributed by atoms with Crippen LogP contribution in [0.15, 0.2) is 0 Å². The molecule has 0 aliphatic carbocycles. The number of nitrogens with two attached hydrogens (primary N) is 2. The Morgan fingerprint density at radius 1 is 1.27 bits per heavy atom. The summed E-state index contributed by atoms with van der Waals surface area (Å²) < 4.78 is 26.2. The SMILES string of the molecule is CCCC(NS(C)(=O)=O)[N+](C)(C)CCNC(=O)c1nc(Cl)c(N)nc1N. The van der Waals surface area contributed by atoms with E-state index in [-0.39, 0.29) is 35.2 Å². The second-order valence-corrected chi connectivity index (χ2v) is 8.72. The molecular formula is C14H27ClN7O3S+. The van der Waals surface area contributed by atoms with E-state index in [1.165, 1.54) is 0 Å². The van der Waals surface area contributed by atoms with Gasteiger partial charge in [-0.1, -0.05) is 18.5 Å². The molecule has 0 saturated heterocycles. The molecule has 1 atom stereocenters. The Bertz CT molecular complexity index is 755. The molecule has 148 valence electrons. The van der Waals surface area contributed by atoms with E-state index in [4.69, 9.17) is 23.1 Å². The van der Waals surface area contributed by atoms with Crippen molar-refractivity contribution < 1.29 is 17.7 Å². The van der Waals surface area contributed by atoms with Crippen molar-refractivity contribution in [3.8, 4) is 0 Å². The number of carbonyl (C=O) groups excluding carboxylic acids is 1. The van der Waals surface area contributed by atoms with Crippen LogP contribution in [-0.2, 0) is 10.0 Å². The third-order valence-corrected chi connectivity index (χ3v) is 4.83. The van der Waals surface area contributed by atoms with Crippen LogP contribution in [-0.4, -0.2) is 68.4 Å². The first-order valence-corrected chi connectivity index (χ1v) is 10.3. The summed E-state index contributed by atoms with van der Waals surface area (Å²) in [5.41, 5.74) is 11.0. The Kier molecular flexibility index (Phi) is 7.57. The number of quaternary nitrogens is 1. The summed E-state index contributed by atoms with van der Waals surface area (Å²) >= 11 is 5.77. The van der Waals surface area contributed by atoms with Crippen molar-refractivity contribution in [1.29, 1.82) is 0 Å². The lowest BCUT2D eigenvalue weighted by Crippen LogP contribution is -2.59. The van der Waals surface area contributed by atoms with Crippen LogP contribution in [0.1, 0.15) is 30.3 Å². The quantitative estimate of drug-likeness (QED) is 0.325. The van der Waals surface area contributed by atoms with Crippen LogP contribution < -0.4 is 21.5 Å². The van der Waals surface area contributed by atoms with Gasteiger partial charge in [0.15, 0.2) is 28.6 Å². The largest absolute Gasteiger partial charge is 0.382 e. The third kappa shape index (κ3) is 6.56. The number of rotatable bonds is 9. The van der Waals surface area contributed by atoms with Gasteiger partial charge in [0.2, 0.25) is 10.0 Å². The molecule has 1 rings (SSSR count). The van der Waals surface area contributed by atoms with Crippen LogP contribution in [0.4, 0.5) is 11.6 Å². The number of amides is 1. The molecule has 6 N–H and O–H groups in total. The van der Waals surface area contributed by atoms with Crippen LogP contribution in [0.3, 0.4) is 0 Å². The molecule has 0 aliphatic rings. The predicted octanol–water partition coefficient (Wildman–Crippen LogP) is -0.224. The lowest BCUT2D eigenvalue weighted by molar-refractivity contribution is -0.916. The summed E-state index contributed by atoms with van der Waals surface area (Å²) in [6, 6.07) is 0. The molecule has 0 bridgehead atoms. The molecule has 0 saturated carbocycles. The Labute approximate surface area is 158 Å². The normalized spacial score (nSPS) is 13.4. The van der Waals surface area contributed by atoms with Gasteiger partial charge < -0.3 is 21.3 Å². The number of likely N-dealkylation sites (N-methyl/N-ethyl adjacent to an activating group) is 1. The van der Waals surface area contributed by atoms with Gasteiger partial charge in [-0.2, -0.15) is 4.72 Å². The number of hydrogen-bond donors (Lipinski definition) is 4. The fraction of sp³-hybridized carbons (Fsp3) is 0.643. The van der Waals surface area contributed by atoms with E-state index in [2.05, 4.69) is 20.0 Å². The summed E-state index contributed by atoms with van der Waals surface area (Å²) in [7, 11) is 0.434. The van der Waals surface area contributed by atoms with Crippen molar-refractivity contribution >= 4 is 39.2 Å². The van der Waals surface area contributed by atoms with Crippen molar-refractivity contribution in [1.82, 2.24) is 20.0 Å². The molecule has 1 aromatic heterocycles. The second kappa shape index (κ2) is 8.80. The number of aromatic nitrogens is 2. The smallest absolute Gasteiger partial charge is 0.273 e. The lowest BCUT2D eigenvalue weighted by Gasteiger charge is -2.38. The van der Waals surface area contributed by atoms with Crippen LogP contribution >= 0.6 is 11.6 Å². The first-order valence-electron chi connectivity index (χ1n) is 8.04. The number of nitrogens with one attached hydrogen (secondary N) is 2. The second-order valence-electron chi connectivity index (χ2n) is 6.59. The molecule has 0 spiro atoms. The predicted molar refractivity (Wildman–Crippen MR) is 102 cm³/mol. The average molecular weight is 409 g/mol. The van der Waals surface area contributed by atoms with Gasteiger partial charge in [-0.15, -0.1) is 0 Å². The molecular weight excluding hydrogens is 382 g/mol. The van der Waals surface area contributed by atoms with Crippen LogP contribution in [0, 0.1) is 0 Å². The molecule has 0 fully saturated rings. The molecule has 26 heavy (non-hydrogen) atoms. The number of sulfonamides is 1. The van der Waals surface area contributed by atoms with Crippen molar-refractivity contribution in [2.75, 3.05) is 44.9 Å². The van der Waals surface area contributed by atoms with E-state index in [1.54, 1.807) is 0 Å². The fourth-order valence-corrected chi connectivity index (χ4v) is 3.40. The number of anilines is 2. The number of halogens is 1. The highest BCUT2D eigenvalue weighted by Gasteiger charge is 2.30. The molecule has 1 amide bonds. The van der Waals surface area contributed by atoms with Crippen molar-refractivity contribution in [2.45, 2.75) is 25.9 Å². The van der Waals surface area contributed by atoms with E-state index in [1.807, 2.05) is 21.0 Å². The molecule has 1 aromatic rings. The van der Waals surface area contributed by atoms with Crippen molar-refractivity contribution in [3.63, 3.8) is 0 Å². The van der Waals surface area contributed by atoms with E-state index >= 15 is 0 Å². The number of nitrogen functional groups attached to an aromatic ring is 2. The first-order chi connectivity index (χ1) is 11.9. The molecule has 1 unspecified atom stereocenters. The molecule has 1 heterocycles. The molecule has 12 heteroatoms.